The summed E-state index contributed by atoms with van der Waals surface area (Å²) in [5, 5.41) is 3.95. The third-order valence-electron chi connectivity index (χ3n) is 6.50. The van der Waals surface area contributed by atoms with Crippen LogP contribution in [0.2, 0.25) is 5.02 Å². The van der Waals surface area contributed by atoms with E-state index in [-0.39, 0.29) is 11.9 Å². The van der Waals surface area contributed by atoms with Crippen molar-refractivity contribution < 1.29 is 9.53 Å². The fourth-order valence-corrected chi connectivity index (χ4v) is 4.94. The van der Waals surface area contributed by atoms with Gasteiger partial charge in [0.2, 0.25) is 5.91 Å². The van der Waals surface area contributed by atoms with Crippen LogP contribution >= 0.6 is 11.6 Å². The van der Waals surface area contributed by atoms with Gasteiger partial charge in [-0.3, -0.25) is 14.6 Å². The van der Waals surface area contributed by atoms with Gasteiger partial charge in [-0.1, -0.05) is 35.9 Å². The summed E-state index contributed by atoms with van der Waals surface area (Å²) in [6.45, 7) is 6.66. The number of carbonyl (C=O) groups is 1. The highest BCUT2D eigenvalue weighted by atomic mass is 35.5. The molecule has 0 spiro atoms. The molecule has 32 heavy (non-hydrogen) atoms. The van der Waals surface area contributed by atoms with Gasteiger partial charge in [0.15, 0.2) is 0 Å². The lowest BCUT2D eigenvalue weighted by Gasteiger charge is -2.36. The van der Waals surface area contributed by atoms with E-state index in [4.69, 9.17) is 16.3 Å². The lowest BCUT2D eigenvalue weighted by Crippen LogP contribution is -2.50. The van der Waals surface area contributed by atoms with Crippen LogP contribution in [0.25, 0.3) is 0 Å². The molecule has 1 atom stereocenters. The molecule has 0 saturated carbocycles. The number of nitrogens with one attached hydrogen (secondary N) is 1. The Labute approximate surface area is 196 Å². The average molecular weight is 457 g/mol. The molecular weight excluding hydrogens is 424 g/mol. The summed E-state index contributed by atoms with van der Waals surface area (Å²) in [4.78, 5) is 19.8. The molecule has 2 aromatic carbocycles. The van der Waals surface area contributed by atoms with Crippen molar-refractivity contribution in [3.63, 3.8) is 0 Å². The maximum Gasteiger partial charge on any atom is 0.234 e. The number of methoxy groups -OCH3 is 1. The van der Waals surface area contributed by atoms with E-state index in [0.29, 0.717) is 13.1 Å². The topological polar surface area (TPSA) is 48.1 Å². The summed E-state index contributed by atoms with van der Waals surface area (Å²) < 4.78 is 5.34. The molecule has 7 heteroatoms. The largest absolute Gasteiger partial charge is 0.497 e. The zero-order valence-electron chi connectivity index (χ0n) is 18.8. The van der Waals surface area contributed by atoms with Gasteiger partial charge in [-0.05, 0) is 49.7 Å². The Bertz CT molecular complexity index is 895. The third kappa shape index (κ3) is 5.74. The Morgan fingerprint density at radius 3 is 2.50 bits per heavy atom. The van der Waals surface area contributed by atoms with Crippen LogP contribution in [-0.2, 0) is 4.79 Å². The summed E-state index contributed by atoms with van der Waals surface area (Å²) in [7, 11) is 1.69. The number of hydrogen-bond donors (Lipinski definition) is 1. The zero-order chi connectivity index (χ0) is 22.3. The Balaban J connectivity index is 1.28. The van der Waals surface area contributed by atoms with Crippen LogP contribution in [0, 0.1) is 0 Å². The predicted molar refractivity (Wildman–Crippen MR) is 130 cm³/mol. The second kappa shape index (κ2) is 11.0. The zero-order valence-corrected chi connectivity index (χ0v) is 19.6. The van der Waals surface area contributed by atoms with Crippen LogP contribution in [-0.4, -0.2) is 75.2 Å². The lowest BCUT2D eigenvalue weighted by atomic mass is 10.1. The normalized spacial score (nSPS) is 18.5. The van der Waals surface area contributed by atoms with Gasteiger partial charge in [-0.15, -0.1) is 0 Å². The number of piperazine rings is 1. The second-order valence-electron chi connectivity index (χ2n) is 8.55. The molecule has 2 fully saturated rings. The quantitative estimate of drug-likeness (QED) is 0.659. The number of amides is 1. The Morgan fingerprint density at radius 2 is 1.78 bits per heavy atom. The smallest absolute Gasteiger partial charge is 0.234 e. The molecule has 1 unspecified atom stereocenters. The van der Waals surface area contributed by atoms with Crippen molar-refractivity contribution in [2.24, 2.45) is 0 Å². The molecule has 4 rings (SSSR count). The van der Waals surface area contributed by atoms with E-state index in [1.54, 1.807) is 7.11 Å². The van der Waals surface area contributed by atoms with Gasteiger partial charge in [-0.25, -0.2) is 0 Å². The predicted octanol–water partition coefficient (Wildman–Crippen LogP) is 3.42. The van der Waals surface area contributed by atoms with Crippen molar-refractivity contribution in [2.75, 3.05) is 64.4 Å². The Morgan fingerprint density at radius 1 is 1.03 bits per heavy atom. The molecule has 2 aliphatic rings. The van der Waals surface area contributed by atoms with E-state index in [9.17, 15) is 4.79 Å². The summed E-state index contributed by atoms with van der Waals surface area (Å²) >= 11 is 6.49. The van der Waals surface area contributed by atoms with Crippen molar-refractivity contribution in [3.8, 4) is 5.75 Å². The number of rotatable bonds is 8. The van der Waals surface area contributed by atoms with Crippen molar-refractivity contribution >= 4 is 23.2 Å². The van der Waals surface area contributed by atoms with Crippen molar-refractivity contribution in [2.45, 2.75) is 18.9 Å². The van der Waals surface area contributed by atoms with Crippen molar-refractivity contribution in [3.05, 3.63) is 59.1 Å². The first-order chi connectivity index (χ1) is 15.6. The van der Waals surface area contributed by atoms with Crippen LogP contribution < -0.4 is 15.0 Å². The molecule has 0 aromatic heterocycles. The maximum absolute atomic E-state index is 12.7. The maximum atomic E-state index is 12.7. The summed E-state index contributed by atoms with van der Waals surface area (Å²) in [5.74, 6) is 0.950. The monoisotopic (exact) mass is 456 g/mol. The fraction of sp³-hybridized carbons (Fsp3) is 0.480. The molecule has 0 aliphatic carbocycles. The van der Waals surface area contributed by atoms with E-state index in [1.807, 2.05) is 30.3 Å². The Kier molecular flexibility index (Phi) is 7.90. The number of hydrogen-bond acceptors (Lipinski definition) is 5. The number of anilines is 1. The molecule has 6 nitrogen and oxygen atoms in total. The van der Waals surface area contributed by atoms with Gasteiger partial charge in [0, 0.05) is 49.5 Å². The van der Waals surface area contributed by atoms with E-state index < -0.39 is 0 Å². The molecule has 2 saturated heterocycles. The SMILES string of the molecule is COc1cccc(N2CCN(CC(=O)NCC(c3ccccc3Cl)N3CCCC3)CC2)c1. The van der Waals surface area contributed by atoms with Gasteiger partial charge >= 0.3 is 0 Å². The minimum absolute atomic E-state index is 0.0797. The number of benzene rings is 2. The molecule has 2 heterocycles. The number of halogens is 1. The van der Waals surface area contributed by atoms with Gasteiger partial charge in [-0.2, -0.15) is 0 Å². The first-order valence-corrected chi connectivity index (χ1v) is 11.9. The van der Waals surface area contributed by atoms with Crippen LogP contribution in [0.15, 0.2) is 48.5 Å². The minimum atomic E-state index is 0.0797. The highest BCUT2D eigenvalue weighted by Gasteiger charge is 2.26. The lowest BCUT2D eigenvalue weighted by molar-refractivity contribution is -0.122. The standard InChI is InChI=1S/C25H33ClN4O2/c1-32-21-8-6-7-20(17-21)29-15-13-28(14-16-29)19-25(31)27-18-24(30-11-4-5-12-30)22-9-2-3-10-23(22)26/h2-3,6-10,17,24H,4-5,11-16,18-19H2,1H3,(H,27,31). The summed E-state index contributed by atoms with van der Waals surface area (Å²) in [6, 6.07) is 16.3. The molecule has 2 aliphatic heterocycles. The van der Waals surface area contributed by atoms with Gasteiger partial charge in [0.25, 0.3) is 0 Å². The molecule has 2 aromatic rings. The molecule has 0 bridgehead atoms. The van der Waals surface area contributed by atoms with E-state index >= 15 is 0 Å². The number of carbonyl (C=O) groups excluding carboxylic acids is 1. The average Bonchev–Trinajstić information content (AvgIpc) is 3.35. The fourth-order valence-electron chi connectivity index (χ4n) is 4.68. The van der Waals surface area contributed by atoms with E-state index in [1.165, 1.54) is 18.5 Å². The van der Waals surface area contributed by atoms with Gasteiger partial charge in [0.05, 0.1) is 19.7 Å². The number of nitrogens with zero attached hydrogens (tertiary/aromatic N) is 3. The van der Waals surface area contributed by atoms with Crippen LogP contribution in [0.1, 0.15) is 24.4 Å². The van der Waals surface area contributed by atoms with E-state index in [2.05, 4.69) is 38.2 Å². The van der Waals surface area contributed by atoms with Gasteiger partial charge in [0.1, 0.15) is 5.75 Å². The minimum Gasteiger partial charge on any atom is -0.497 e. The van der Waals surface area contributed by atoms with Gasteiger partial charge < -0.3 is 15.0 Å². The molecular formula is C25H33ClN4O2. The first-order valence-electron chi connectivity index (χ1n) is 11.5. The van der Waals surface area contributed by atoms with Crippen LogP contribution in [0.3, 0.4) is 0 Å². The molecule has 1 N–H and O–H groups in total. The molecule has 0 radical (unpaired) electrons. The first kappa shape index (κ1) is 22.9. The van der Waals surface area contributed by atoms with Crippen LogP contribution in [0.4, 0.5) is 5.69 Å². The third-order valence-corrected chi connectivity index (χ3v) is 6.84. The highest BCUT2D eigenvalue weighted by Crippen LogP contribution is 2.29. The van der Waals surface area contributed by atoms with Crippen molar-refractivity contribution in [1.29, 1.82) is 0 Å². The summed E-state index contributed by atoms with van der Waals surface area (Å²) in [5.41, 5.74) is 2.27. The molecule has 172 valence electrons. The highest BCUT2D eigenvalue weighted by molar-refractivity contribution is 6.31. The number of likely N-dealkylation sites (tertiary alicyclic amines) is 1. The number of ether oxygens (including phenoxy) is 1. The van der Waals surface area contributed by atoms with E-state index in [0.717, 1.165) is 55.6 Å². The second-order valence-corrected chi connectivity index (χ2v) is 8.96. The summed E-state index contributed by atoms with van der Waals surface area (Å²) in [6.07, 6.45) is 2.40. The van der Waals surface area contributed by atoms with Crippen LogP contribution in [0.5, 0.6) is 5.75 Å². The molecule has 1 amide bonds. The van der Waals surface area contributed by atoms with Crippen molar-refractivity contribution in [1.82, 2.24) is 15.1 Å². The Hall–Kier alpha value is -2.28.